The van der Waals surface area contributed by atoms with Crippen LogP contribution < -0.4 is 0 Å². The summed E-state index contributed by atoms with van der Waals surface area (Å²) in [7, 11) is 3.46. The van der Waals surface area contributed by atoms with E-state index < -0.39 is 0 Å². The summed E-state index contributed by atoms with van der Waals surface area (Å²) in [6.07, 6.45) is 0. The first-order valence-electron chi connectivity index (χ1n) is 6.12. The van der Waals surface area contributed by atoms with Crippen LogP contribution in [-0.4, -0.2) is 84.6 Å². The van der Waals surface area contributed by atoms with Gasteiger partial charge in [0.15, 0.2) is 0 Å². The topological polar surface area (TPSA) is 103 Å². The van der Waals surface area contributed by atoms with Crippen molar-refractivity contribution in [1.29, 1.82) is 0 Å². The zero-order valence-corrected chi connectivity index (χ0v) is 12.9. The third kappa shape index (κ3) is 11.3. The molecular formula is C12H31NO6. The second kappa shape index (κ2) is 17.7. The molecule has 0 aromatic rings. The van der Waals surface area contributed by atoms with Crippen molar-refractivity contribution in [2.45, 2.75) is 38.9 Å². The van der Waals surface area contributed by atoms with Gasteiger partial charge in [-0.25, -0.2) is 9.78 Å². The van der Waals surface area contributed by atoms with Crippen LogP contribution in [0, 0.1) is 0 Å². The van der Waals surface area contributed by atoms with Gasteiger partial charge in [-0.15, -0.1) is 0 Å². The van der Waals surface area contributed by atoms with Gasteiger partial charge in [0.1, 0.15) is 0 Å². The van der Waals surface area contributed by atoms with Gasteiger partial charge >= 0.3 is 0 Å². The summed E-state index contributed by atoms with van der Waals surface area (Å²) >= 11 is 0. The van der Waals surface area contributed by atoms with E-state index in [1.165, 1.54) is 7.11 Å². The molecular weight excluding hydrogens is 254 g/mol. The maximum Gasteiger partial charge on any atom is 0.0974 e. The van der Waals surface area contributed by atoms with Gasteiger partial charge in [0.05, 0.1) is 26.9 Å². The van der Waals surface area contributed by atoms with Crippen LogP contribution in [0.5, 0.6) is 0 Å². The third-order valence-corrected chi connectivity index (χ3v) is 2.48. The Morgan fingerprint density at radius 1 is 0.842 bits per heavy atom. The first kappa shape index (κ1) is 23.8. The van der Waals surface area contributed by atoms with Crippen LogP contribution in [0.2, 0.25) is 0 Å². The summed E-state index contributed by atoms with van der Waals surface area (Å²) in [4.78, 5) is 11.4. The van der Waals surface area contributed by atoms with Crippen molar-refractivity contribution < 1.29 is 30.2 Å². The number of rotatable bonds is 8. The standard InChI is InChI=1S/C10H23NO4.2CH4O/c1-8(5-12)11(9(2)6-13)10(3)7-15-14-4;2*1-2/h8-10,12-13H,5-7H2,1-4H3;2*2H,1H3. The van der Waals surface area contributed by atoms with Gasteiger partial charge in [0.2, 0.25) is 0 Å². The molecule has 3 unspecified atom stereocenters. The normalized spacial score (nSPS) is 14.7. The molecule has 0 aromatic carbocycles. The molecule has 0 aromatic heterocycles. The minimum Gasteiger partial charge on any atom is -0.400 e. The lowest BCUT2D eigenvalue weighted by Crippen LogP contribution is -2.50. The Labute approximate surface area is 116 Å². The maximum atomic E-state index is 9.13. The van der Waals surface area contributed by atoms with Gasteiger partial charge in [-0.05, 0) is 20.8 Å². The second-order valence-corrected chi connectivity index (χ2v) is 3.81. The molecule has 4 N–H and O–H groups in total. The van der Waals surface area contributed by atoms with Gasteiger partial charge in [-0.3, -0.25) is 4.90 Å². The van der Waals surface area contributed by atoms with Crippen LogP contribution in [0.4, 0.5) is 0 Å². The summed E-state index contributed by atoms with van der Waals surface area (Å²) in [6.45, 7) is 6.32. The lowest BCUT2D eigenvalue weighted by Gasteiger charge is -2.37. The SMILES string of the molecule is CO.CO.COOCC(C)N(C(C)CO)C(C)CO. The largest absolute Gasteiger partial charge is 0.400 e. The molecule has 3 atom stereocenters. The quantitative estimate of drug-likeness (QED) is 0.343. The van der Waals surface area contributed by atoms with E-state index in [1.54, 1.807) is 0 Å². The highest BCUT2D eigenvalue weighted by molar-refractivity contribution is 4.78. The summed E-state index contributed by atoms with van der Waals surface area (Å²) in [6, 6.07) is 0.0551. The molecule has 0 aliphatic carbocycles. The van der Waals surface area contributed by atoms with Crippen LogP contribution in [0.15, 0.2) is 0 Å². The molecule has 0 aliphatic heterocycles. The van der Waals surface area contributed by atoms with Crippen LogP contribution in [-0.2, 0) is 9.78 Å². The third-order valence-electron chi connectivity index (χ3n) is 2.48. The average Bonchev–Trinajstić information content (AvgIpc) is 2.48. The van der Waals surface area contributed by atoms with E-state index in [9.17, 15) is 0 Å². The van der Waals surface area contributed by atoms with Crippen molar-refractivity contribution in [2.75, 3.05) is 41.2 Å². The van der Waals surface area contributed by atoms with E-state index in [4.69, 9.17) is 25.3 Å². The molecule has 7 heteroatoms. The van der Waals surface area contributed by atoms with E-state index >= 15 is 0 Å². The molecule has 0 saturated carbocycles. The molecule has 0 amide bonds. The van der Waals surface area contributed by atoms with Crippen LogP contribution in [0.1, 0.15) is 20.8 Å². The Bertz CT molecular complexity index is 151. The fourth-order valence-corrected chi connectivity index (χ4v) is 1.74. The number of aliphatic hydroxyl groups is 4. The molecule has 0 bridgehead atoms. The van der Waals surface area contributed by atoms with Crippen molar-refractivity contribution in [3.63, 3.8) is 0 Å². The lowest BCUT2D eigenvalue weighted by atomic mass is 10.1. The van der Waals surface area contributed by atoms with Crippen molar-refractivity contribution in [3.05, 3.63) is 0 Å². The number of hydrogen-bond acceptors (Lipinski definition) is 7. The molecule has 19 heavy (non-hydrogen) atoms. The van der Waals surface area contributed by atoms with Crippen molar-refractivity contribution in [2.24, 2.45) is 0 Å². The Kier molecular flexibility index (Phi) is 22.2. The first-order chi connectivity index (χ1) is 9.08. The summed E-state index contributed by atoms with van der Waals surface area (Å²) in [5, 5.41) is 32.3. The maximum absolute atomic E-state index is 9.13. The van der Waals surface area contributed by atoms with E-state index in [1.807, 2.05) is 25.7 Å². The molecule has 0 aliphatic rings. The Hall–Kier alpha value is -0.280. The second-order valence-electron chi connectivity index (χ2n) is 3.81. The van der Waals surface area contributed by atoms with Crippen molar-refractivity contribution in [3.8, 4) is 0 Å². The Balaban J connectivity index is -0.000000579. The molecule has 0 fully saturated rings. The van der Waals surface area contributed by atoms with E-state index in [0.717, 1.165) is 14.2 Å². The monoisotopic (exact) mass is 285 g/mol. The van der Waals surface area contributed by atoms with Gasteiger partial charge in [0, 0.05) is 32.3 Å². The van der Waals surface area contributed by atoms with Gasteiger partial charge < -0.3 is 20.4 Å². The van der Waals surface area contributed by atoms with Gasteiger partial charge in [0.25, 0.3) is 0 Å². The minimum absolute atomic E-state index is 0.0115. The summed E-state index contributed by atoms with van der Waals surface area (Å²) in [5.41, 5.74) is 0. The highest BCUT2D eigenvalue weighted by Crippen LogP contribution is 2.11. The number of nitrogens with zero attached hydrogens (tertiary/aromatic N) is 1. The zero-order chi connectivity index (χ0) is 15.8. The molecule has 0 spiro atoms. The predicted octanol–water partition coefficient (Wildman–Crippen LogP) is -0.766. The van der Waals surface area contributed by atoms with Gasteiger partial charge in [-0.2, -0.15) is 0 Å². The molecule has 0 radical (unpaired) electrons. The summed E-state index contributed by atoms with van der Waals surface area (Å²) in [5.74, 6) is 0. The molecule has 120 valence electrons. The molecule has 0 rings (SSSR count). The smallest absolute Gasteiger partial charge is 0.0974 e. The molecule has 0 saturated heterocycles. The van der Waals surface area contributed by atoms with Crippen molar-refractivity contribution >= 4 is 0 Å². The first-order valence-corrected chi connectivity index (χ1v) is 6.12. The molecule has 0 heterocycles. The van der Waals surface area contributed by atoms with E-state index in [0.29, 0.717) is 6.61 Å². The minimum atomic E-state index is -0.0115. The van der Waals surface area contributed by atoms with Gasteiger partial charge in [-0.1, -0.05) is 0 Å². The lowest BCUT2D eigenvalue weighted by molar-refractivity contribution is -0.281. The van der Waals surface area contributed by atoms with Crippen LogP contribution in [0.25, 0.3) is 0 Å². The fraction of sp³-hybridized carbons (Fsp3) is 1.00. The van der Waals surface area contributed by atoms with Crippen LogP contribution >= 0.6 is 0 Å². The van der Waals surface area contributed by atoms with E-state index in [-0.39, 0.29) is 31.3 Å². The fourth-order valence-electron chi connectivity index (χ4n) is 1.74. The average molecular weight is 285 g/mol. The molecule has 7 nitrogen and oxygen atoms in total. The highest BCUT2D eigenvalue weighted by atomic mass is 17.2. The van der Waals surface area contributed by atoms with Crippen molar-refractivity contribution in [1.82, 2.24) is 4.90 Å². The highest BCUT2D eigenvalue weighted by Gasteiger charge is 2.24. The predicted molar refractivity (Wildman–Crippen MR) is 73.6 cm³/mol. The number of hydrogen-bond donors (Lipinski definition) is 4. The number of aliphatic hydroxyl groups excluding tert-OH is 4. The Morgan fingerprint density at radius 2 is 1.21 bits per heavy atom. The zero-order valence-electron chi connectivity index (χ0n) is 12.9. The van der Waals surface area contributed by atoms with Crippen LogP contribution in [0.3, 0.4) is 0 Å². The summed E-state index contributed by atoms with van der Waals surface area (Å²) < 4.78 is 0. The Morgan fingerprint density at radius 3 is 1.47 bits per heavy atom. The van der Waals surface area contributed by atoms with E-state index in [2.05, 4.69) is 4.89 Å².